The predicted molar refractivity (Wildman–Crippen MR) is 150 cm³/mol. The summed E-state index contributed by atoms with van der Waals surface area (Å²) in [6, 6.07) is 11.3. The van der Waals surface area contributed by atoms with E-state index in [1.165, 1.54) is 21.9 Å². The summed E-state index contributed by atoms with van der Waals surface area (Å²) < 4.78 is 0. The van der Waals surface area contributed by atoms with E-state index in [0.717, 1.165) is 0 Å². The smallest absolute Gasteiger partial charge is 0.261 e. The van der Waals surface area contributed by atoms with Crippen LogP contribution >= 0.6 is 0 Å². The summed E-state index contributed by atoms with van der Waals surface area (Å²) in [6.07, 6.45) is 0. The van der Waals surface area contributed by atoms with E-state index < -0.39 is 23.6 Å². The molecule has 0 aromatic heterocycles. The van der Waals surface area contributed by atoms with Gasteiger partial charge < -0.3 is 0 Å². The van der Waals surface area contributed by atoms with Gasteiger partial charge in [-0.1, -0.05) is 12.1 Å². The first-order valence-corrected chi connectivity index (χ1v) is 12.9. The summed E-state index contributed by atoms with van der Waals surface area (Å²) in [5, 5.41) is 14.5. The number of nitriles is 1. The Kier molecular flexibility index (Phi) is 4.52. The van der Waals surface area contributed by atoms with Crippen LogP contribution in [0.15, 0.2) is 36.4 Å². The van der Waals surface area contributed by atoms with Gasteiger partial charge in [-0.15, -0.1) is 0 Å². The molecule has 40 heavy (non-hydrogen) atoms. The summed E-state index contributed by atoms with van der Waals surface area (Å²) in [4.78, 5) is 60.3. The molecule has 5 aromatic carbocycles. The van der Waals surface area contributed by atoms with Crippen molar-refractivity contribution in [3.05, 3.63) is 75.6 Å². The van der Waals surface area contributed by atoms with Gasteiger partial charge in [-0.3, -0.25) is 29.0 Å². The van der Waals surface area contributed by atoms with Gasteiger partial charge in [-0.2, -0.15) is 5.26 Å². The number of benzene rings is 5. The van der Waals surface area contributed by atoms with Crippen LogP contribution in [0.5, 0.6) is 0 Å². The molecule has 0 fully saturated rings. The fourth-order valence-corrected chi connectivity index (χ4v) is 6.60. The predicted octanol–water partition coefficient (Wildman–Crippen LogP) is 6.17. The van der Waals surface area contributed by atoms with Crippen molar-refractivity contribution in [2.24, 2.45) is 0 Å². The third kappa shape index (κ3) is 2.58. The average Bonchev–Trinajstić information content (AvgIpc) is 2.92. The second-order valence-electron chi connectivity index (χ2n) is 10.9. The van der Waals surface area contributed by atoms with Gasteiger partial charge in [0.15, 0.2) is 5.69 Å². The van der Waals surface area contributed by atoms with Crippen molar-refractivity contribution in [2.75, 3.05) is 0 Å². The van der Waals surface area contributed by atoms with Crippen molar-refractivity contribution in [2.45, 2.75) is 39.8 Å². The third-order valence-corrected chi connectivity index (χ3v) is 8.15. The molecule has 2 aliphatic rings. The Morgan fingerprint density at radius 2 is 1.10 bits per heavy atom. The molecule has 4 amide bonds. The number of nitrogens with zero attached hydrogens (tertiary/aromatic N) is 4. The monoisotopic (exact) mass is 524 g/mol. The molecule has 5 aromatic rings. The van der Waals surface area contributed by atoms with Crippen molar-refractivity contribution in [1.29, 1.82) is 5.26 Å². The molecule has 192 valence electrons. The van der Waals surface area contributed by atoms with Crippen molar-refractivity contribution in [1.82, 2.24) is 9.80 Å². The zero-order valence-electron chi connectivity index (χ0n) is 22.0. The second-order valence-corrected chi connectivity index (χ2v) is 10.9. The number of carbonyl (C=O) groups excluding carboxylic acids is 4. The van der Waals surface area contributed by atoms with Gasteiger partial charge in [0, 0.05) is 44.9 Å². The minimum absolute atomic E-state index is 0.217. The van der Waals surface area contributed by atoms with E-state index >= 15 is 0 Å². The maximum atomic E-state index is 13.6. The molecule has 2 heterocycles. The van der Waals surface area contributed by atoms with Gasteiger partial charge in [0.1, 0.15) is 0 Å². The highest BCUT2D eigenvalue weighted by Gasteiger charge is 2.39. The topological polar surface area (TPSA) is 103 Å². The lowest BCUT2D eigenvalue weighted by atomic mass is 9.80. The van der Waals surface area contributed by atoms with E-state index in [4.69, 9.17) is 6.57 Å². The standard InChI is InChI=1S/C32H20N4O4/c1-13(2)35-29(37)18-9-7-17-26-22(34-5)11-21-25-19(30(38)36(14(3)4)32(21)40)8-6-16(28(25)26)23-15(12-33)10-20(31(35)39)24(18)27(17)23/h6-11,13-14H,1-4H3. The summed E-state index contributed by atoms with van der Waals surface area (Å²) in [5.41, 5.74) is 1.68. The van der Waals surface area contributed by atoms with E-state index in [9.17, 15) is 24.4 Å². The maximum absolute atomic E-state index is 13.6. The molecule has 0 aliphatic carbocycles. The van der Waals surface area contributed by atoms with Gasteiger partial charge in [0.2, 0.25) is 0 Å². The van der Waals surface area contributed by atoms with Crippen molar-refractivity contribution in [3.63, 3.8) is 0 Å². The van der Waals surface area contributed by atoms with Crippen molar-refractivity contribution < 1.29 is 19.2 Å². The zero-order chi connectivity index (χ0) is 28.4. The van der Waals surface area contributed by atoms with Crippen LogP contribution in [0.3, 0.4) is 0 Å². The van der Waals surface area contributed by atoms with E-state index in [2.05, 4.69) is 10.9 Å². The molecule has 0 saturated carbocycles. The highest BCUT2D eigenvalue weighted by atomic mass is 16.2. The molecule has 7 rings (SSSR count). The minimum Gasteiger partial charge on any atom is -0.272 e. The lowest BCUT2D eigenvalue weighted by Crippen LogP contribution is -2.44. The van der Waals surface area contributed by atoms with Crippen LogP contribution in [0.25, 0.3) is 47.9 Å². The largest absolute Gasteiger partial charge is 0.272 e. The Morgan fingerprint density at radius 1 is 0.650 bits per heavy atom. The highest BCUT2D eigenvalue weighted by Crippen LogP contribution is 2.50. The fraction of sp³-hybridized carbons (Fsp3) is 0.188. The molecule has 0 unspecified atom stereocenters. The van der Waals surface area contributed by atoms with Gasteiger partial charge in [0.05, 0.1) is 23.8 Å². The number of amides is 4. The minimum atomic E-state index is -0.473. The molecular formula is C32H20N4O4. The molecule has 0 atom stereocenters. The third-order valence-electron chi connectivity index (χ3n) is 8.15. The van der Waals surface area contributed by atoms with Gasteiger partial charge in [-0.05, 0) is 78.9 Å². The Hall–Kier alpha value is -5.34. The average molecular weight is 525 g/mol. The number of rotatable bonds is 2. The fourth-order valence-electron chi connectivity index (χ4n) is 6.60. The Bertz CT molecular complexity index is 2020. The number of fused-ring (bicyclic) bond motifs is 2. The Labute approximate surface area is 228 Å². The number of hydrogen-bond donors (Lipinski definition) is 0. The van der Waals surface area contributed by atoms with Crippen LogP contribution in [0, 0.1) is 17.9 Å². The normalized spacial score (nSPS) is 15.0. The molecule has 0 radical (unpaired) electrons. The van der Waals surface area contributed by atoms with Crippen LogP contribution in [0.4, 0.5) is 5.69 Å². The molecule has 8 heteroatoms. The van der Waals surface area contributed by atoms with Gasteiger partial charge in [0.25, 0.3) is 23.6 Å². The molecule has 0 bridgehead atoms. The molecule has 0 N–H and O–H groups in total. The number of carbonyl (C=O) groups is 4. The van der Waals surface area contributed by atoms with Crippen LogP contribution in [0.1, 0.15) is 74.7 Å². The molecule has 0 spiro atoms. The van der Waals surface area contributed by atoms with Crippen molar-refractivity contribution in [3.8, 4) is 6.07 Å². The summed E-state index contributed by atoms with van der Waals surface area (Å²) in [7, 11) is 0. The first kappa shape index (κ1) is 23.8. The summed E-state index contributed by atoms with van der Waals surface area (Å²) in [6.45, 7) is 15.1. The quantitative estimate of drug-likeness (QED) is 0.119. The molecule has 0 saturated heterocycles. The zero-order valence-corrected chi connectivity index (χ0v) is 22.0. The maximum Gasteiger partial charge on any atom is 0.261 e. The number of imide groups is 2. The SMILES string of the molecule is [C-]#[N+]c1cc2c3c(ccc4c5c(C#N)cc6c7c(ccc(c1c34)c75)C(=O)N(C(C)C)C6=O)C(=O)N(C(C)C)C2=O. The lowest BCUT2D eigenvalue weighted by molar-refractivity contribution is 0.0547. The van der Waals surface area contributed by atoms with E-state index in [1.807, 2.05) is 0 Å². The second kappa shape index (κ2) is 7.62. The first-order valence-electron chi connectivity index (χ1n) is 12.9. The first-order chi connectivity index (χ1) is 19.1. The van der Waals surface area contributed by atoms with Crippen LogP contribution in [-0.4, -0.2) is 45.5 Å². The van der Waals surface area contributed by atoms with Crippen LogP contribution in [-0.2, 0) is 0 Å². The van der Waals surface area contributed by atoms with Crippen LogP contribution in [0.2, 0.25) is 0 Å². The molecular weight excluding hydrogens is 504 g/mol. The summed E-state index contributed by atoms with van der Waals surface area (Å²) >= 11 is 0. The van der Waals surface area contributed by atoms with Gasteiger partial charge in [-0.25, -0.2) is 4.85 Å². The van der Waals surface area contributed by atoms with Crippen LogP contribution < -0.4 is 0 Å². The van der Waals surface area contributed by atoms with Crippen molar-refractivity contribution >= 4 is 72.4 Å². The van der Waals surface area contributed by atoms with E-state index in [0.29, 0.717) is 54.2 Å². The molecule has 2 aliphatic heterocycles. The number of hydrogen-bond acceptors (Lipinski definition) is 5. The van der Waals surface area contributed by atoms with E-state index in [1.54, 1.807) is 52.0 Å². The Morgan fingerprint density at radius 3 is 1.57 bits per heavy atom. The lowest BCUT2D eigenvalue weighted by Gasteiger charge is -2.33. The van der Waals surface area contributed by atoms with E-state index in [-0.39, 0.29) is 34.5 Å². The molecule has 8 nitrogen and oxygen atoms in total. The highest BCUT2D eigenvalue weighted by molar-refractivity contribution is 6.43. The Balaban J connectivity index is 1.77. The van der Waals surface area contributed by atoms with Gasteiger partial charge >= 0.3 is 0 Å². The summed E-state index contributed by atoms with van der Waals surface area (Å²) in [5.74, 6) is -1.77.